The molecule has 0 unspecified atom stereocenters. The fourth-order valence-corrected chi connectivity index (χ4v) is 4.07. The van der Waals surface area contributed by atoms with Gasteiger partial charge in [0.1, 0.15) is 0 Å². The highest BCUT2D eigenvalue weighted by atomic mass is 32.1. The van der Waals surface area contributed by atoms with Gasteiger partial charge in [0.05, 0.1) is 22.2 Å². The molecule has 3 heterocycles. The highest BCUT2D eigenvalue weighted by Crippen LogP contribution is 2.32. The van der Waals surface area contributed by atoms with Crippen molar-refractivity contribution in [3.8, 4) is 10.7 Å². The summed E-state index contributed by atoms with van der Waals surface area (Å²) < 4.78 is 40.5. The number of benzene rings is 1. The van der Waals surface area contributed by atoms with Crippen LogP contribution in [0.5, 0.6) is 0 Å². The molecule has 0 aliphatic carbocycles. The maximum Gasteiger partial charge on any atom is 0.416 e. The van der Waals surface area contributed by atoms with E-state index in [-0.39, 0.29) is 18.1 Å². The molecule has 0 atom stereocenters. The second-order valence-corrected chi connectivity index (χ2v) is 8.21. The van der Waals surface area contributed by atoms with Gasteiger partial charge in [-0.3, -0.25) is 18.9 Å². The molecule has 1 aromatic carbocycles. The van der Waals surface area contributed by atoms with Crippen LogP contribution in [0.15, 0.2) is 54.9 Å². The number of nitrogens with one attached hydrogen (secondary N) is 1. The maximum absolute atomic E-state index is 12.9. The molecule has 0 fully saturated rings. The van der Waals surface area contributed by atoms with Crippen LogP contribution in [-0.2, 0) is 17.5 Å². The first-order valence-corrected chi connectivity index (χ1v) is 10.6. The van der Waals surface area contributed by atoms with Crippen LogP contribution in [0.1, 0.15) is 28.5 Å². The smallest absolute Gasteiger partial charge is 0.347 e. The van der Waals surface area contributed by atoms with E-state index in [9.17, 15) is 22.8 Å². The Morgan fingerprint density at radius 1 is 1.18 bits per heavy atom. The Morgan fingerprint density at radius 3 is 2.70 bits per heavy atom. The molecule has 0 saturated heterocycles. The molecule has 2 amide bonds. The van der Waals surface area contributed by atoms with Crippen molar-refractivity contribution < 1.29 is 22.8 Å². The number of halogens is 3. The lowest BCUT2D eigenvalue weighted by Gasteiger charge is -2.09. The predicted molar refractivity (Wildman–Crippen MR) is 118 cm³/mol. The minimum atomic E-state index is -4.46. The molecular weight excluding hydrogens is 455 g/mol. The SMILES string of the molecule is CC(=O)N(C)c1ncc(-c2nc(C(=O)NCc3cccc(C(F)(F)F)c3)c3ccccn23)s1. The Balaban J connectivity index is 1.62. The first-order chi connectivity index (χ1) is 15.6. The average Bonchev–Trinajstić information content (AvgIpc) is 3.41. The van der Waals surface area contributed by atoms with E-state index in [4.69, 9.17) is 0 Å². The Labute approximate surface area is 190 Å². The van der Waals surface area contributed by atoms with Crippen molar-refractivity contribution in [3.63, 3.8) is 0 Å². The molecule has 4 aromatic rings. The molecule has 0 spiro atoms. The lowest BCUT2D eigenvalue weighted by atomic mass is 10.1. The Morgan fingerprint density at radius 2 is 1.97 bits per heavy atom. The fourth-order valence-electron chi connectivity index (χ4n) is 3.16. The van der Waals surface area contributed by atoms with E-state index in [2.05, 4.69) is 15.3 Å². The maximum atomic E-state index is 12.9. The Bertz CT molecular complexity index is 1350. The summed E-state index contributed by atoms with van der Waals surface area (Å²) in [5, 5.41) is 3.13. The van der Waals surface area contributed by atoms with Crippen molar-refractivity contribution in [2.75, 3.05) is 11.9 Å². The first-order valence-electron chi connectivity index (χ1n) is 9.77. The lowest BCUT2D eigenvalue weighted by molar-refractivity contribution is -0.137. The molecule has 0 bridgehead atoms. The van der Waals surface area contributed by atoms with E-state index in [1.165, 1.54) is 35.3 Å². The highest BCUT2D eigenvalue weighted by Gasteiger charge is 2.30. The topological polar surface area (TPSA) is 79.6 Å². The summed E-state index contributed by atoms with van der Waals surface area (Å²) in [6.45, 7) is 1.34. The van der Waals surface area contributed by atoms with Gasteiger partial charge in [0.2, 0.25) is 5.91 Å². The molecule has 4 rings (SSSR count). The summed E-state index contributed by atoms with van der Waals surface area (Å²) in [7, 11) is 1.61. The summed E-state index contributed by atoms with van der Waals surface area (Å²) in [5.74, 6) is -0.220. The lowest BCUT2D eigenvalue weighted by Crippen LogP contribution is -2.23. The molecule has 1 N–H and O–H groups in total. The van der Waals surface area contributed by atoms with Crippen LogP contribution in [0.3, 0.4) is 0 Å². The van der Waals surface area contributed by atoms with E-state index >= 15 is 0 Å². The zero-order valence-corrected chi connectivity index (χ0v) is 18.4. The summed E-state index contributed by atoms with van der Waals surface area (Å²) >= 11 is 1.25. The molecule has 170 valence electrons. The number of anilines is 1. The van der Waals surface area contributed by atoms with Crippen LogP contribution in [0.25, 0.3) is 16.2 Å². The number of thiazole rings is 1. The van der Waals surface area contributed by atoms with Crippen LogP contribution < -0.4 is 10.2 Å². The van der Waals surface area contributed by atoms with Crippen molar-refractivity contribution >= 4 is 33.8 Å². The van der Waals surface area contributed by atoms with Crippen LogP contribution in [0.4, 0.5) is 18.3 Å². The van der Waals surface area contributed by atoms with Crippen LogP contribution >= 0.6 is 11.3 Å². The third-order valence-corrected chi connectivity index (χ3v) is 6.01. The molecule has 0 saturated carbocycles. The van der Waals surface area contributed by atoms with Gasteiger partial charge in [-0.15, -0.1) is 0 Å². The summed E-state index contributed by atoms with van der Waals surface area (Å²) in [6.07, 6.45) is -1.14. The largest absolute Gasteiger partial charge is 0.416 e. The molecule has 33 heavy (non-hydrogen) atoms. The zero-order valence-electron chi connectivity index (χ0n) is 17.6. The van der Waals surface area contributed by atoms with Crippen LogP contribution in [0.2, 0.25) is 0 Å². The van der Waals surface area contributed by atoms with Gasteiger partial charge in [0, 0.05) is 26.7 Å². The van der Waals surface area contributed by atoms with E-state index in [1.807, 2.05) is 0 Å². The standard InChI is InChI=1S/C22H18F3N5O2S/c1-13(31)29(2)21-27-12-17(33-21)19-28-18(16-8-3-4-9-30(16)19)20(32)26-11-14-6-5-7-15(10-14)22(23,24)25/h3-10,12H,11H2,1-2H3,(H,26,32). The molecule has 3 aromatic heterocycles. The highest BCUT2D eigenvalue weighted by molar-refractivity contribution is 7.19. The van der Waals surface area contributed by atoms with Crippen molar-refractivity contribution in [1.82, 2.24) is 19.7 Å². The van der Waals surface area contributed by atoms with Gasteiger partial charge in [0.25, 0.3) is 5.91 Å². The average molecular weight is 473 g/mol. The molecule has 0 radical (unpaired) electrons. The number of nitrogens with zero attached hydrogens (tertiary/aromatic N) is 4. The number of hydrogen-bond donors (Lipinski definition) is 1. The van der Waals surface area contributed by atoms with Crippen molar-refractivity contribution in [2.45, 2.75) is 19.6 Å². The summed E-state index contributed by atoms with van der Waals surface area (Å²) in [6, 6.07) is 10.1. The molecule has 0 aliphatic heterocycles. The van der Waals surface area contributed by atoms with E-state index < -0.39 is 17.6 Å². The fraction of sp³-hybridized carbons (Fsp3) is 0.182. The molecule has 11 heteroatoms. The quantitative estimate of drug-likeness (QED) is 0.466. The summed E-state index contributed by atoms with van der Waals surface area (Å²) in [5.41, 5.74) is 0.207. The summed E-state index contributed by atoms with van der Waals surface area (Å²) in [4.78, 5) is 35.3. The zero-order chi connectivity index (χ0) is 23.8. The minimum absolute atomic E-state index is 0.0853. The van der Waals surface area contributed by atoms with Gasteiger partial charge >= 0.3 is 6.18 Å². The Kier molecular flexibility index (Phi) is 5.90. The number of fused-ring (bicyclic) bond motifs is 1. The third-order valence-electron chi connectivity index (χ3n) is 4.94. The predicted octanol–water partition coefficient (Wildman–Crippen LogP) is 4.39. The number of hydrogen-bond acceptors (Lipinski definition) is 5. The van der Waals surface area contributed by atoms with Gasteiger partial charge < -0.3 is 5.32 Å². The van der Waals surface area contributed by atoms with Gasteiger partial charge in [-0.1, -0.05) is 29.5 Å². The van der Waals surface area contributed by atoms with Crippen molar-refractivity contribution in [1.29, 1.82) is 0 Å². The van der Waals surface area contributed by atoms with Gasteiger partial charge in [-0.25, -0.2) is 9.97 Å². The number of carbonyl (C=O) groups excluding carboxylic acids is 2. The molecule has 0 aliphatic rings. The van der Waals surface area contributed by atoms with E-state index in [0.717, 1.165) is 12.1 Å². The van der Waals surface area contributed by atoms with Gasteiger partial charge in [-0.2, -0.15) is 13.2 Å². The number of aromatic nitrogens is 3. The van der Waals surface area contributed by atoms with E-state index in [1.54, 1.807) is 42.0 Å². The number of carbonyl (C=O) groups is 2. The number of amides is 2. The molecular formula is C22H18F3N5O2S. The third kappa shape index (κ3) is 4.58. The van der Waals surface area contributed by atoms with Crippen LogP contribution in [-0.4, -0.2) is 33.2 Å². The molecule has 7 nitrogen and oxygen atoms in total. The van der Waals surface area contributed by atoms with Gasteiger partial charge in [-0.05, 0) is 29.8 Å². The van der Waals surface area contributed by atoms with Crippen molar-refractivity contribution in [2.24, 2.45) is 0 Å². The first kappa shape index (κ1) is 22.5. The second kappa shape index (κ2) is 8.66. The number of imidazole rings is 1. The van der Waals surface area contributed by atoms with Gasteiger partial charge in [0.15, 0.2) is 16.6 Å². The van der Waals surface area contributed by atoms with E-state index in [0.29, 0.717) is 26.9 Å². The minimum Gasteiger partial charge on any atom is -0.347 e. The normalized spacial score (nSPS) is 11.5. The monoisotopic (exact) mass is 473 g/mol. The Hall–Kier alpha value is -3.73. The van der Waals surface area contributed by atoms with Crippen molar-refractivity contribution in [3.05, 3.63) is 71.7 Å². The second-order valence-electron chi connectivity index (χ2n) is 7.21. The van der Waals surface area contributed by atoms with Crippen LogP contribution in [0, 0.1) is 0 Å². The number of pyridine rings is 1. The number of rotatable bonds is 5. The number of alkyl halides is 3.